The molecule has 6 nitrogen and oxygen atoms in total. The highest BCUT2D eigenvalue weighted by molar-refractivity contribution is 5.87. The standard InChI is InChI=1S/C9H8N4O2/c1-15-9(14)7-3-2-6(12-13-7)8-10-4-5-11-8/h2-5H,1H3,(H,10,11). The van der Waals surface area contributed by atoms with Crippen molar-refractivity contribution in [2.45, 2.75) is 0 Å². The van der Waals surface area contributed by atoms with Crippen LogP contribution in [-0.4, -0.2) is 33.2 Å². The predicted molar refractivity (Wildman–Crippen MR) is 51.0 cm³/mol. The smallest absolute Gasteiger partial charge is 0.358 e. The Labute approximate surface area is 85.3 Å². The number of aromatic nitrogens is 4. The van der Waals surface area contributed by atoms with E-state index >= 15 is 0 Å². The van der Waals surface area contributed by atoms with Gasteiger partial charge in [0.25, 0.3) is 0 Å². The molecule has 2 aromatic heterocycles. The Bertz CT molecular complexity index is 449. The van der Waals surface area contributed by atoms with Crippen LogP contribution in [0.25, 0.3) is 11.5 Å². The van der Waals surface area contributed by atoms with Gasteiger partial charge in [-0.05, 0) is 12.1 Å². The van der Waals surface area contributed by atoms with E-state index in [9.17, 15) is 4.79 Å². The van der Waals surface area contributed by atoms with Crippen molar-refractivity contribution in [1.29, 1.82) is 0 Å². The van der Waals surface area contributed by atoms with Gasteiger partial charge in [-0.15, -0.1) is 10.2 Å². The van der Waals surface area contributed by atoms with Crippen LogP contribution < -0.4 is 0 Å². The molecule has 2 rings (SSSR count). The largest absolute Gasteiger partial charge is 0.464 e. The van der Waals surface area contributed by atoms with E-state index in [4.69, 9.17) is 0 Å². The Hall–Kier alpha value is -2.24. The van der Waals surface area contributed by atoms with E-state index in [1.165, 1.54) is 13.2 Å². The zero-order valence-corrected chi connectivity index (χ0v) is 7.97. The van der Waals surface area contributed by atoms with Crippen LogP contribution in [0.4, 0.5) is 0 Å². The molecule has 6 heteroatoms. The lowest BCUT2D eigenvalue weighted by Crippen LogP contribution is -2.05. The van der Waals surface area contributed by atoms with Crippen molar-refractivity contribution in [3.8, 4) is 11.5 Å². The van der Waals surface area contributed by atoms with Gasteiger partial charge in [0.1, 0.15) is 5.69 Å². The highest BCUT2D eigenvalue weighted by atomic mass is 16.5. The van der Waals surface area contributed by atoms with Crippen molar-refractivity contribution in [2.24, 2.45) is 0 Å². The molecule has 0 radical (unpaired) electrons. The molecule has 0 aliphatic carbocycles. The fraction of sp³-hybridized carbons (Fsp3) is 0.111. The normalized spacial score (nSPS) is 9.93. The summed E-state index contributed by atoms with van der Waals surface area (Å²) < 4.78 is 4.50. The summed E-state index contributed by atoms with van der Waals surface area (Å²) in [6.45, 7) is 0. The van der Waals surface area contributed by atoms with E-state index < -0.39 is 5.97 Å². The molecule has 0 amide bonds. The van der Waals surface area contributed by atoms with Gasteiger partial charge in [-0.3, -0.25) is 0 Å². The Morgan fingerprint density at radius 2 is 2.27 bits per heavy atom. The molecule has 0 spiro atoms. The second-order valence-electron chi connectivity index (χ2n) is 2.73. The van der Waals surface area contributed by atoms with E-state index in [0.717, 1.165) is 0 Å². The third-order valence-corrected chi connectivity index (χ3v) is 1.80. The highest BCUT2D eigenvalue weighted by Crippen LogP contribution is 2.09. The number of H-pyrrole nitrogens is 1. The Morgan fingerprint density at radius 1 is 1.40 bits per heavy atom. The second-order valence-corrected chi connectivity index (χ2v) is 2.73. The minimum Gasteiger partial charge on any atom is -0.464 e. The quantitative estimate of drug-likeness (QED) is 0.726. The first kappa shape index (κ1) is 9.32. The van der Waals surface area contributed by atoms with Gasteiger partial charge in [0.15, 0.2) is 11.5 Å². The molecule has 0 saturated heterocycles. The van der Waals surface area contributed by atoms with Crippen molar-refractivity contribution in [3.63, 3.8) is 0 Å². The van der Waals surface area contributed by atoms with Crippen LogP contribution in [0.5, 0.6) is 0 Å². The molecule has 0 aromatic carbocycles. The molecule has 0 aliphatic heterocycles. The predicted octanol–water partition coefficient (Wildman–Crippen LogP) is 0.653. The molecule has 0 aliphatic rings. The van der Waals surface area contributed by atoms with Crippen LogP contribution in [0, 0.1) is 0 Å². The van der Waals surface area contributed by atoms with E-state index in [1.54, 1.807) is 18.5 Å². The lowest BCUT2D eigenvalue weighted by Gasteiger charge is -1.97. The Morgan fingerprint density at radius 3 is 2.80 bits per heavy atom. The summed E-state index contributed by atoms with van der Waals surface area (Å²) in [4.78, 5) is 18.0. The number of hydrogen-bond acceptors (Lipinski definition) is 5. The van der Waals surface area contributed by atoms with Gasteiger partial charge in [0.05, 0.1) is 7.11 Å². The number of ether oxygens (including phenoxy) is 1. The number of imidazole rings is 1. The Kier molecular flexibility index (Phi) is 2.40. The van der Waals surface area contributed by atoms with Crippen LogP contribution in [0.2, 0.25) is 0 Å². The van der Waals surface area contributed by atoms with Crippen molar-refractivity contribution in [3.05, 3.63) is 30.2 Å². The van der Waals surface area contributed by atoms with Crippen LogP contribution in [0.3, 0.4) is 0 Å². The first-order chi connectivity index (χ1) is 7.31. The fourth-order valence-electron chi connectivity index (χ4n) is 1.08. The topological polar surface area (TPSA) is 80.8 Å². The van der Waals surface area contributed by atoms with E-state index in [2.05, 4.69) is 24.9 Å². The summed E-state index contributed by atoms with van der Waals surface area (Å²) in [5.74, 6) is 0.104. The van der Waals surface area contributed by atoms with E-state index in [0.29, 0.717) is 11.5 Å². The third kappa shape index (κ3) is 1.83. The number of esters is 1. The number of rotatable bonds is 2. The number of nitrogens with one attached hydrogen (secondary N) is 1. The number of carbonyl (C=O) groups is 1. The van der Waals surface area contributed by atoms with E-state index in [1.807, 2.05) is 0 Å². The fourth-order valence-corrected chi connectivity index (χ4v) is 1.08. The number of nitrogens with zero attached hydrogens (tertiary/aromatic N) is 3. The van der Waals surface area contributed by atoms with Crippen molar-refractivity contribution in [2.75, 3.05) is 7.11 Å². The van der Waals surface area contributed by atoms with Crippen LogP contribution in [0.15, 0.2) is 24.5 Å². The third-order valence-electron chi connectivity index (χ3n) is 1.80. The molecule has 0 bridgehead atoms. The molecule has 1 N–H and O–H groups in total. The second kappa shape index (κ2) is 3.87. The maximum atomic E-state index is 11.1. The lowest BCUT2D eigenvalue weighted by atomic mass is 10.3. The maximum Gasteiger partial charge on any atom is 0.358 e. The summed E-state index contributed by atoms with van der Waals surface area (Å²) in [5.41, 5.74) is 0.750. The molecule has 0 atom stereocenters. The summed E-state index contributed by atoms with van der Waals surface area (Å²) in [5, 5.41) is 7.57. The van der Waals surface area contributed by atoms with Crippen LogP contribution in [0.1, 0.15) is 10.5 Å². The lowest BCUT2D eigenvalue weighted by molar-refractivity contribution is 0.0592. The van der Waals surface area contributed by atoms with Gasteiger partial charge in [-0.1, -0.05) is 0 Å². The zero-order chi connectivity index (χ0) is 10.7. The van der Waals surface area contributed by atoms with Crippen LogP contribution >= 0.6 is 0 Å². The molecular weight excluding hydrogens is 196 g/mol. The van der Waals surface area contributed by atoms with Gasteiger partial charge in [-0.2, -0.15) is 0 Å². The van der Waals surface area contributed by atoms with Gasteiger partial charge >= 0.3 is 5.97 Å². The van der Waals surface area contributed by atoms with Gasteiger partial charge in [0.2, 0.25) is 0 Å². The molecule has 0 unspecified atom stereocenters. The van der Waals surface area contributed by atoms with Crippen molar-refractivity contribution in [1.82, 2.24) is 20.2 Å². The number of methoxy groups -OCH3 is 1. The molecule has 15 heavy (non-hydrogen) atoms. The van der Waals surface area contributed by atoms with Gasteiger partial charge in [-0.25, -0.2) is 9.78 Å². The average molecular weight is 204 g/mol. The molecule has 2 heterocycles. The molecule has 76 valence electrons. The minimum absolute atomic E-state index is 0.174. The molecule has 2 aromatic rings. The van der Waals surface area contributed by atoms with Crippen LogP contribution in [-0.2, 0) is 4.74 Å². The monoisotopic (exact) mass is 204 g/mol. The minimum atomic E-state index is -0.506. The van der Waals surface area contributed by atoms with Gasteiger partial charge < -0.3 is 9.72 Å². The van der Waals surface area contributed by atoms with Crippen molar-refractivity contribution < 1.29 is 9.53 Å². The van der Waals surface area contributed by atoms with E-state index in [-0.39, 0.29) is 5.69 Å². The SMILES string of the molecule is COC(=O)c1ccc(-c2ncc[nH]2)nn1. The molecular formula is C9H8N4O2. The summed E-state index contributed by atoms with van der Waals surface area (Å²) in [6, 6.07) is 3.19. The summed E-state index contributed by atoms with van der Waals surface area (Å²) in [6.07, 6.45) is 3.30. The number of carbonyl (C=O) groups excluding carboxylic acids is 1. The zero-order valence-electron chi connectivity index (χ0n) is 7.97. The average Bonchev–Trinajstić information content (AvgIpc) is 2.82. The first-order valence-electron chi connectivity index (χ1n) is 4.23. The molecule has 0 fully saturated rings. The summed E-state index contributed by atoms with van der Waals surface area (Å²) in [7, 11) is 1.30. The maximum absolute atomic E-state index is 11.1. The number of hydrogen-bond donors (Lipinski definition) is 1. The molecule has 0 saturated carbocycles. The first-order valence-corrected chi connectivity index (χ1v) is 4.23. The summed E-state index contributed by atoms with van der Waals surface area (Å²) >= 11 is 0. The Balaban J connectivity index is 2.29. The van der Waals surface area contributed by atoms with Crippen molar-refractivity contribution >= 4 is 5.97 Å². The van der Waals surface area contributed by atoms with Gasteiger partial charge in [0, 0.05) is 12.4 Å². The number of aromatic amines is 1. The highest BCUT2D eigenvalue weighted by Gasteiger charge is 2.08.